The van der Waals surface area contributed by atoms with Gasteiger partial charge in [0.25, 0.3) is 11.7 Å². The van der Waals surface area contributed by atoms with E-state index in [0.717, 1.165) is 10.6 Å². The van der Waals surface area contributed by atoms with E-state index in [9.17, 15) is 4.79 Å². The van der Waals surface area contributed by atoms with Crippen LogP contribution in [0.4, 0.5) is 0 Å². The second kappa shape index (κ2) is 5.49. The number of hydrogen-bond donors (Lipinski definition) is 0. The SMILES string of the molecule is Cc1ccc(C(C)N(C)C(=O)c2nc3nccc(C)n3n2)s1. The van der Waals surface area contributed by atoms with Crippen LogP contribution in [0.3, 0.4) is 0 Å². The number of carbonyl (C=O) groups is 1. The van der Waals surface area contributed by atoms with Gasteiger partial charge in [-0.3, -0.25) is 4.79 Å². The third-order valence-electron chi connectivity index (χ3n) is 3.70. The van der Waals surface area contributed by atoms with Crippen molar-refractivity contribution in [1.29, 1.82) is 0 Å². The van der Waals surface area contributed by atoms with Gasteiger partial charge >= 0.3 is 0 Å². The number of nitrogens with zero attached hydrogens (tertiary/aromatic N) is 5. The van der Waals surface area contributed by atoms with E-state index in [-0.39, 0.29) is 17.8 Å². The predicted molar refractivity (Wildman–Crippen MR) is 85.1 cm³/mol. The number of rotatable bonds is 3. The molecule has 1 amide bonds. The molecular weight excluding hydrogens is 298 g/mol. The van der Waals surface area contributed by atoms with Crippen LogP contribution in [0.2, 0.25) is 0 Å². The number of carbonyl (C=O) groups excluding carboxylic acids is 1. The molecule has 0 aliphatic carbocycles. The molecule has 0 bridgehead atoms. The fraction of sp³-hybridized carbons (Fsp3) is 0.333. The molecular formula is C15H17N5OS. The van der Waals surface area contributed by atoms with Crippen molar-refractivity contribution in [3.63, 3.8) is 0 Å². The second-order valence-corrected chi connectivity index (χ2v) is 6.59. The molecule has 3 aromatic rings. The molecule has 0 radical (unpaired) electrons. The van der Waals surface area contributed by atoms with Crippen molar-refractivity contribution in [3.05, 3.63) is 45.7 Å². The highest BCUT2D eigenvalue weighted by Crippen LogP contribution is 2.27. The molecule has 0 aliphatic heterocycles. The number of amides is 1. The van der Waals surface area contributed by atoms with E-state index in [0.29, 0.717) is 5.78 Å². The lowest BCUT2D eigenvalue weighted by Gasteiger charge is -2.22. The number of hydrogen-bond acceptors (Lipinski definition) is 5. The van der Waals surface area contributed by atoms with Crippen LogP contribution in [0, 0.1) is 13.8 Å². The maximum atomic E-state index is 12.6. The minimum absolute atomic E-state index is 0.0214. The number of fused-ring (bicyclic) bond motifs is 1. The maximum Gasteiger partial charge on any atom is 0.293 e. The number of aryl methyl sites for hydroxylation is 2. The zero-order chi connectivity index (χ0) is 15.9. The van der Waals surface area contributed by atoms with Crippen molar-refractivity contribution in [2.45, 2.75) is 26.8 Å². The lowest BCUT2D eigenvalue weighted by atomic mass is 10.2. The molecule has 0 saturated carbocycles. The molecule has 0 N–H and O–H groups in total. The van der Waals surface area contributed by atoms with Crippen LogP contribution in [-0.2, 0) is 0 Å². The van der Waals surface area contributed by atoms with Crippen molar-refractivity contribution in [2.24, 2.45) is 0 Å². The summed E-state index contributed by atoms with van der Waals surface area (Å²) in [6, 6.07) is 5.92. The fourth-order valence-electron chi connectivity index (χ4n) is 2.20. The molecule has 3 rings (SSSR count). The van der Waals surface area contributed by atoms with Gasteiger partial charge in [-0.2, -0.15) is 4.98 Å². The Morgan fingerprint density at radius 2 is 2.09 bits per heavy atom. The van der Waals surface area contributed by atoms with Gasteiger partial charge < -0.3 is 4.90 Å². The number of thiophene rings is 1. The average Bonchev–Trinajstić information content (AvgIpc) is 3.12. The normalized spacial score (nSPS) is 12.5. The zero-order valence-corrected chi connectivity index (χ0v) is 13.8. The summed E-state index contributed by atoms with van der Waals surface area (Å²) in [5.74, 6) is 0.407. The maximum absolute atomic E-state index is 12.6. The summed E-state index contributed by atoms with van der Waals surface area (Å²) in [5, 5.41) is 4.27. The molecule has 3 heterocycles. The highest BCUT2D eigenvalue weighted by atomic mass is 32.1. The van der Waals surface area contributed by atoms with Gasteiger partial charge in [-0.05, 0) is 39.0 Å². The van der Waals surface area contributed by atoms with Crippen LogP contribution in [0.15, 0.2) is 24.4 Å². The third kappa shape index (κ3) is 2.48. The standard InChI is InChI=1S/C15H17N5OS/c1-9-7-8-16-15-17-13(18-20(9)15)14(21)19(4)11(3)12-6-5-10(2)22-12/h5-8,11H,1-4H3. The Hall–Kier alpha value is -2.28. The molecule has 6 nitrogen and oxygen atoms in total. The topological polar surface area (TPSA) is 63.4 Å². The van der Waals surface area contributed by atoms with E-state index >= 15 is 0 Å². The zero-order valence-electron chi connectivity index (χ0n) is 12.9. The summed E-state index contributed by atoms with van der Waals surface area (Å²) in [5.41, 5.74) is 0.890. The summed E-state index contributed by atoms with van der Waals surface area (Å²) in [6.07, 6.45) is 1.66. The van der Waals surface area contributed by atoms with Crippen molar-refractivity contribution >= 4 is 23.0 Å². The second-order valence-electron chi connectivity index (χ2n) is 5.27. The minimum atomic E-state index is -0.205. The monoisotopic (exact) mass is 315 g/mol. The first-order valence-electron chi connectivity index (χ1n) is 6.99. The van der Waals surface area contributed by atoms with Gasteiger partial charge in [-0.15, -0.1) is 16.4 Å². The summed E-state index contributed by atoms with van der Waals surface area (Å²) in [7, 11) is 1.77. The van der Waals surface area contributed by atoms with Crippen molar-refractivity contribution in [1.82, 2.24) is 24.5 Å². The quantitative estimate of drug-likeness (QED) is 0.745. The fourth-order valence-corrected chi connectivity index (χ4v) is 3.17. The smallest absolute Gasteiger partial charge is 0.293 e. The molecule has 3 aromatic heterocycles. The molecule has 0 spiro atoms. The largest absolute Gasteiger partial charge is 0.331 e. The van der Waals surface area contributed by atoms with Crippen LogP contribution < -0.4 is 0 Å². The molecule has 0 saturated heterocycles. The van der Waals surface area contributed by atoms with Crippen LogP contribution in [0.5, 0.6) is 0 Å². The Balaban J connectivity index is 1.89. The van der Waals surface area contributed by atoms with Gasteiger partial charge in [0.05, 0.1) is 6.04 Å². The molecule has 22 heavy (non-hydrogen) atoms. The highest BCUT2D eigenvalue weighted by molar-refractivity contribution is 7.12. The minimum Gasteiger partial charge on any atom is -0.331 e. The number of aromatic nitrogens is 4. The van der Waals surface area contributed by atoms with E-state index < -0.39 is 0 Å². The van der Waals surface area contributed by atoms with Gasteiger partial charge in [0.1, 0.15) is 0 Å². The van der Waals surface area contributed by atoms with E-state index in [1.54, 1.807) is 34.0 Å². The molecule has 1 unspecified atom stereocenters. The summed E-state index contributed by atoms with van der Waals surface area (Å²) in [4.78, 5) is 25.0. The Bertz CT molecular complexity index is 837. The van der Waals surface area contributed by atoms with Gasteiger partial charge in [0.15, 0.2) is 0 Å². The molecule has 0 aliphatic rings. The lowest BCUT2D eigenvalue weighted by molar-refractivity contribution is 0.0733. The van der Waals surface area contributed by atoms with Crippen LogP contribution in [0.1, 0.15) is 39.0 Å². The Morgan fingerprint density at radius 3 is 2.73 bits per heavy atom. The van der Waals surface area contributed by atoms with Gasteiger partial charge in [0.2, 0.25) is 5.82 Å². The summed E-state index contributed by atoms with van der Waals surface area (Å²) in [6.45, 7) is 5.96. The first kappa shape index (κ1) is 14.6. The van der Waals surface area contributed by atoms with Crippen molar-refractivity contribution in [3.8, 4) is 0 Å². The van der Waals surface area contributed by atoms with Crippen LogP contribution >= 0.6 is 11.3 Å². The molecule has 0 fully saturated rings. The van der Waals surface area contributed by atoms with E-state index in [4.69, 9.17) is 0 Å². The molecule has 1 atom stereocenters. The van der Waals surface area contributed by atoms with E-state index in [2.05, 4.69) is 34.1 Å². The van der Waals surface area contributed by atoms with Crippen LogP contribution in [0.25, 0.3) is 5.78 Å². The Kier molecular flexibility index (Phi) is 3.66. The van der Waals surface area contributed by atoms with E-state index in [1.807, 2.05) is 19.9 Å². The first-order chi connectivity index (χ1) is 10.5. The average molecular weight is 315 g/mol. The molecule has 7 heteroatoms. The highest BCUT2D eigenvalue weighted by Gasteiger charge is 2.24. The summed E-state index contributed by atoms with van der Waals surface area (Å²) < 4.78 is 1.58. The van der Waals surface area contributed by atoms with Gasteiger partial charge in [0, 0.05) is 28.7 Å². The van der Waals surface area contributed by atoms with E-state index in [1.165, 1.54) is 4.88 Å². The van der Waals surface area contributed by atoms with Gasteiger partial charge in [-0.25, -0.2) is 9.50 Å². The molecule has 114 valence electrons. The predicted octanol–water partition coefficient (Wildman–Crippen LogP) is 2.64. The first-order valence-corrected chi connectivity index (χ1v) is 7.81. The third-order valence-corrected chi connectivity index (χ3v) is 4.87. The van der Waals surface area contributed by atoms with Crippen LogP contribution in [-0.4, -0.2) is 37.4 Å². The van der Waals surface area contributed by atoms with Crippen molar-refractivity contribution < 1.29 is 4.79 Å². The lowest BCUT2D eigenvalue weighted by Crippen LogP contribution is -2.30. The Labute approximate surface area is 132 Å². The van der Waals surface area contributed by atoms with Crippen molar-refractivity contribution in [2.75, 3.05) is 7.05 Å². The van der Waals surface area contributed by atoms with Gasteiger partial charge in [-0.1, -0.05) is 0 Å². The Morgan fingerprint density at radius 1 is 1.32 bits per heavy atom. The summed E-state index contributed by atoms with van der Waals surface area (Å²) >= 11 is 1.69. The molecule has 0 aromatic carbocycles.